The molecular weight excluding hydrogens is 443 g/mol. The SMILES string of the molecule is CCCCCN(C)NC(=O)C1=NN(c2ccc(C)cc2Cl)C(c2ccc(Cl)cc2)C1CC. The fourth-order valence-electron chi connectivity index (χ4n) is 4.12. The Morgan fingerprint density at radius 3 is 2.47 bits per heavy atom. The molecule has 7 heteroatoms. The second-order valence-corrected chi connectivity index (χ2v) is 9.21. The predicted molar refractivity (Wildman–Crippen MR) is 134 cm³/mol. The molecule has 5 nitrogen and oxygen atoms in total. The topological polar surface area (TPSA) is 47.9 Å². The zero-order valence-electron chi connectivity index (χ0n) is 19.2. The normalized spacial score (nSPS) is 18.2. The molecule has 1 aliphatic rings. The summed E-state index contributed by atoms with van der Waals surface area (Å²) >= 11 is 12.8. The number of amides is 1. The standard InChI is InChI=1S/C25H32Cl2N4O/c1-5-7-8-15-30(4)29-25(32)23-20(6-2)24(18-10-12-19(26)13-11-18)31(28-23)22-14-9-17(3)16-21(22)27/h9-14,16,20,24H,5-8,15H2,1-4H3,(H,29,32). The van der Waals surface area contributed by atoms with Gasteiger partial charge in [-0.1, -0.05) is 68.1 Å². The number of hydrazine groups is 1. The molecule has 1 aliphatic heterocycles. The Bertz CT molecular complexity index is 961. The third-order valence-corrected chi connectivity index (χ3v) is 6.39. The van der Waals surface area contributed by atoms with Crippen LogP contribution < -0.4 is 10.4 Å². The molecule has 0 saturated heterocycles. The van der Waals surface area contributed by atoms with Gasteiger partial charge in [0, 0.05) is 24.5 Å². The highest BCUT2D eigenvalue weighted by atomic mass is 35.5. The van der Waals surface area contributed by atoms with Crippen molar-refractivity contribution in [1.82, 2.24) is 10.4 Å². The van der Waals surface area contributed by atoms with Crippen LogP contribution >= 0.6 is 23.2 Å². The van der Waals surface area contributed by atoms with Crippen LogP contribution in [0.15, 0.2) is 47.6 Å². The van der Waals surface area contributed by atoms with Crippen molar-refractivity contribution in [3.63, 3.8) is 0 Å². The summed E-state index contributed by atoms with van der Waals surface area (Å²) < 4.78 is 0. The first kappa shape index (κ1) is 24.6. The van der Waals surface area contributed by atoms with Crippen molar-refractivity contribution < 1.29 is 4.79 Å². The molecule has 1 amide bonds. The molecule has 32 heavy (non-hydrogen) atoms. The average Bonchev–Trinajstić information content (AvgIpc) is 3.14. The number of hydrazone groups is 1. The summed E-state index contributed by atoms with van der Waals surface area (Å²) in [6.07, 6.45) is 4.08. The number of hydrogen-bond acceptors (Lipinski definition) is 4. The maximum absolute atomic E-state index is 13.2. The van der Waals surface area contributed by atoms with Gasteiger partial charge in [-0.3, -0.25) is 15.2 Å². The van der Waals surface area contributed by atoms with Crippen molar-refractivity contribution in [3.05, 3.63) is 63.6 Å². The molecule has 0 bridgehead atoms. The largest absolute Gasteiger partial charge is 0.284 e. The monoisotopic (exact) mass is 474 g/mol. The Morgan fingerprint density at radius 1 is 1.12 bits per heavy atom. The lowest BCUT2D eigenvalue weighted by atomic mass is 9.87. The van der Waals surface area contributed by atoms with Crippen molar-refractivity contribution >= 4 is 40.5 Å². The van der Waals surface area contributed by atoms with E-state index in [0.29, 0.717) is 15.8 Å². The first-order chi connectivity index (χ1) is 15.3. The van der Waals surface area contributed by atoms with Crippen LogP contribution in [0.25, 0.3) is 0 Å². The van der Waals surface area contributed by atoms with Gasteiger partial charge in [-0.25, -0.2) is 5.01 Å². The van der Waals surface area contributed by atoms with Gasteiger partial charge < -0.3 is 0 Å². The van der Waals surface area contributed by atoms with Gasteiger partial charge in [0.2, 0.25) is 0 Å². The Morgan fingerprint density at radius 2 is 1.84 bits per heavy atom. The number of carbonyl (C=O) groups is 1. The van der Waals surface area contributed by atoms with Crippen molar-refractivity contribution in [3.8, 4) is 0 Å². The Labute approximate surface area is 201 Å². The fourth-order valence-corrected chi connectivity index (χ4v) is 4.57. The number of carbonyl (C=O) groups excluding carboxylic acids is 1. The Kier molecular flexibility index (Phi) is 8.57. The van der Waals surface area contributed by atoms with Crippen LogP contribution in [0.4, 0.5) is 5.69 Å². The molecule has 2 atom stereocenters. The van der Waals surface area contributed by atoms with Gasteiger partial charge in [-0.05, 0) is 55.2 Å². The van der Waals surface area contributed by atoms with Crippen LogP contribution in [-0.4, -0.2) is 30.2 Å². The van der Waals surface area contributed by atoms with Gasteiger partial charge in [0.15, 0.2) is 0 Å². The van der Waals surface area contributed by atoms with Crippen LogP contribution in [0.3, 0.4) is 0 Å². The van der Waals surface area contributed by atoms with Crippen molar-refractivity contribution in [2.75, 3.05) is 18.6 Å². The number of benzene rings is 2. The summed E-state index contributed by atoms with van der Waals surface area (Å²) in [5.74, 6) is -0.252. The number of hydrogen-bond donors (Lipinski definition) is 1. The molecule has 2 unspecified atom stereocenters. The minimum absolute atomic E-state index is 0.0856. The van der Waals surface area contributed by atoms with Gasteiger partial charge in [-0.2, -0.15) is 5.10 Å². The summed E-state index contributed by atoms with van der Waals surface area (Å²) in [4.78, 5) is 13.2. The molecule has 2 aromatic carbocycles. The summed E-state index contributed by atoms with van der Waals surface area (Å²) in [5.41, 5.74) is 6.43. The Balaban J connectivity index is 1.95. The van der Waals surface area contributed by atoms with E-state index in [0.717, 1.165) is 49.0 Å². The van der Waals surface area contributed by atoms with Crippen molar-refractivity contribution in [2.24, 2.45) is 11.0 Å². The third-order valence-electron chi connectivity index (χ3n) is 5.83. The zero-order valence-corrected chi connectivity index (χ0v) is 20.7. The van der Waals surface area contributed by atoms with Crippen LogP contribution in [0.1, 0.15) is 56.7 Å². The maximum Gasteiger partial charge on any atom is 0.282 e. The molecule has 1 heterocycles. The van der Waals surface area contributed by atoms with E-state index in [4.69, 9.17) is 28.3 Å². The van der Waals surface area contributed by atoms with E-state index in [9.17, 15) is 4.79 Å². The van der Waals surface area contributed by atoms with E-state index in [1.54, 1.807) is 0 Å². The molecule has 0 saturated carbocycles. The number of anilines is 1. The predicted octanol–water partition coefficient (Wildman–Crippen LogP) is 6.40. The summed E-state index contributed by atoms with van der Waals surface area (Å²) in [6.45, 7) is 7.06. The second-order valence-electron chi connectivity index (χ2n) is 8.37. The van der Waals surface area contributed by atoms with Gasteiger partial charge in [0.05, 0.1) is 16.8 Å². The summed E-state index contributed by atoms with van der Waals surface area (Å²) in [6, 6.07) is 13.5. The number of nitrogens with zero attached hydrogens (tertiary/aromatic N) is 3. The number of halogens is 2. The molecule has 1 N–H and O–H groups in total. The highest BCUT2D eigenvalue weighted by Gasteiger charge is 2.41. The molecule has 0 spiro atoms. The second kappa shape index (κ2) is 11.2. The summed E-state index contributed by atoms with van der Waals surface area (Å²) in [7, 11) is 1.90. The van der Waals surface area contributed by atoms with Crippen LogP contribution in [-0.2, 0) is 4.79 Å². The molecule has 0 aromatic heterocycles. The third kappa shape index (κ3) is 5.64. The number of unbranched alkanes of at least 4 members (excludes halogenated alkanes) is 2. The number of nitrogens with one attached hydrogen (secondary N) is 1. The van der Waals surface area contributed by atoms with E-state index in [1.807, 2.05) is 66.5 Å². The molecule has 0 fully saturated rings. The lowest BCUT2D eigenvalue weighted by molar-refractivity contribution is -0.119. The molecule has 0 radical (unpaired) electrons. The number of rotatable bonds is 9. The highest BCUT2D eigenvalue weighted by Crippen LogP contribution is 2.43. The van der Waals surface area contributed by atoms with Crippen LogP contribution in [0.5, 0.6) is 0 Å². The highest BCUT2D eigenvalue weighted by molar-refractivity contribution is 6.40. The quantitative estimate of drug-likeness (QED) is 0.337. The minimum Gasteiger partial charge on any atom is -0.284 e. The smallest absolute Gasteiger partial charge is 0.282 e. The first-order valence-electron chi connectivity index (χ1n) is 11.3. The molecular formula is C25H32Cl2N4O. The fraction of sp³-hybridized carbons (Fsp3) is 0.440. The van der Waals surface area contributed by atoms with Crippen LogP contribution in [0, 0.1) is 12.8 Å². The van der Waals surface area contributed by atoms with E-state index < -0.39 is 0 Å². The van der Waals surface area contributed by atoms with Gasteiger partial charge in [0.1, 0.15) is 5.71 Å². The lowest BCUT2D eigenvalue weighted by Gasteiger charge is -2.29. The molecule has 0 aliphatic carbocycles. The van der Waals surface area contributed by atoms with Gasteiger partial charge in [-0.15, -0.1) is 0 Å². The van der Waals surface area contributed by atoms with E-state index in [1.165, 1.54) is 0 Å². The molecule has 3 rings (SSSR count). The Hall–Kier alpha value is -2.08. The molecule has 172 valence electrons. The summed E-state index contributed by atoms with van der Waals surface area (Å²) in [5, 5.41) is 9.86. The first-order valence-corrected chi connectivity index (χ1v) is 12.0. The van der Waals surface area contributed by atoms with Gasteiger partial charge in [0.25, 0.3) is 5.91 Å². The van der Waals surface area contributed by atoms with Gasteiger partial charge >= 0.3 is 0 Å². The lowest BCUT2D eigenvalue weighted by Crippen LogP contribution is -2.45. The zero-order chi connectivity index (χ0) is 23.3. The van der Waals surface area contributed by atoms with Crippen LogP contribution in [0.2, 0.25) is 10.0 Å². The van der Waals surface area contributed by atoms with Crippen molar-refractivity contribution in [2.45, 2.75) is 52.5 Å². The average molecular weight is 475 g/mol. The van der Waals surface area contributed by atoms with E-state index >= 15 is 0 Å². The number of aryl methyl sites for hydroxylation is 1. The van der Waals surface area contributed by atoms with E-state index in [2.05, 4.69) is 19.3 Å². The minimum atomic E-state index is -0.166. The van der Waals surface area contributed by atoms with E-state index in [-0.39, 0.29) is 17.9 Å². The van der Waals surface area contributed by atoms with Crippen molar-refractivity contribution in [1.29, 1.82) is 0 Å². The maximum atomic E-state index is 13.2. The molecule has 2 aromatic rings.